The number of halogens is 1. The summed E-state index contributed by atoms with van der Waals surface area (Å²) in [6, 6.07) is 23.4. The fourth-order valence-electron chi connectivity index (χ4n) is 3.62. The lowest BCUT2D eigenvalue weighted by Gasteiger charge is -2.26. The van der Waals surface area contributed by atoms with Crippen molar-refractivity contribution in [2.75, 3.05) is 11.1 Å². The predicted octanol–water partition coefficient (Wildman–Crippen LogP) is 5.31. The molecule has 154 valence electrons. The number of hydrogen-bond donors (Lipinski definition) is 2. The molecule has 3 aromatic rings. The minimum Gasteiger partial charge on any atom is -0.325 e. The largest absolute Gasteiger partial charge is 0.325 e. The first-order valence-electron chi connectivity index (χ1n) is 9.65. The number of carbonyl (C=O) groups is 2. The normalized spacial score (nSPS) is 16.0. The van der Waals surface area contributed by atoms with E-state index in [4.69, 9.17) is 0 Å². The highest BCUT2D eigenvalue weighted by Crippen LogP contribution is 2.38. The summed E-state index contributed by atoms with van der Waals surface area (Å²) in [7, 11) is 0. The Morgan fingerprint density at radius 1 is 1.13 bits per heavy atom. The molecular formula is C24H18BrN3O2S. The van der Waals surface area contributed by atoms with E-state index in [2.05, 4.69) is 32.6 Å². The van der Waals surface area contributed by atoms with Crippen molar-refractivity contribution in [2.45, 2.75) is 12.3 Å². The van der Waals surface area contributed by atoms with Crippen LogP contribution in [0.2, 0.25) is 0 Å². The van der Waals surface area contributed by atoms with Gasteiger partial charge in [-0.3, -0.25) is 9.59 Å². The van der Waals surface area contributed by atoms with E-state index in [1.165, 1.54) is 11.8 Å². The SMILES string of the molecule is N#CC1=C(SCC(=O)Nc2ccc(Br)cc2)NC(=O)C[C@H]1c1cccc2ccccc12. The van der Waals surface area contributed by atoms with Crippen LogP contribution in [0.5, 0.6) is 0 Å². The van der Waals surface area contributed by atoms with Crippen LogP contribution in [0.1, 0.15) is 17.9 Å². The standard InChI is InChI=1S/C24H18BrN3O2S/c25-16-8-10-17(11-9-16)27-23(30)14-31-24-21(13-26)20(12-22(29)28-24)19-7-3-5-15-4-1-2-6-18(15)19/h1-11,20H,12,14H2,(H,27,30)(H,28,29)/t20-/m0/s1. The molecule has 0 unspecified atom stereocenters. The Hall–Kier alpha value is -3.08. The van der Waals surface area contributed by atoms with Crippen LogP contribution in [-0.4, -0.2) is 17.6 Å². The van der Waals surface area contributed by atoms with Crippen molar-refractivity contribution in [2.24, 2.45) is 0 Å². The number of benzene rings is 3. The molecule has 1 atom stereocenters. The number of anilines is 1. The number of thioether (sulfide) groups is 1. The molecule has 1 aliphatic heterocycles. The van der Waals surface area contributed by atoms with E-state index in [9.17, 15) is 14.9 Å². The molecule has 0 fully saturated rings. The van der Waals surface area contributed by atoms with E-state index in [0.717, 1.165) is 20.8 Å². The van der Waals surface area contributed by atoms with Gasteiger partial charge in [0.1, 0.15) is 0 Å². The second-order valence-electron chi connectivity index (χ2n) is 7.07. The maximum atomic E-state index is 12.4. The van der Waals surface area contributed by atoms with Gasteiger partial charge in [0.2, 0.25) is 11.8 Å². The molecule has 7 heteroatoms. The molecule has 0 saturated heterocycles. The lowest BCUT2D eigenvalue weighted by atomic mass is 9.84. The summed E-state index contributed by atoms with van der Waals surface area (Å²) in [6.07, 6.45) is 0.200. The van der Waals surface area contributed by atoms with Crippen LogP contribution in [0.4, 0.5) is 5.69 Å². The Morgan fingerprint density at radius 3 is 2.65 bits per heavy atom. The third-order valence-corrected chi connectivity index (χ3v) is 6.58. The summed E-state index contributed by atoms with van der Waals surface area (Å²) in [5, 5.41) is 18.0. The second-order valence-corrected chi connectivity index (χ2v) is 8.97. The smallest absolute Gasteiger partial charge is 0.234 e. The Labute approximate surface area is 192 Å². The van der Waals surface area contributed by atoms with Gasteiger partial charge in [0.15, 0.2) is 0 Å². The first-order valence-corrected chi connectivity index (χ1v) is 11.4. The topological polar surface area (TPSA) is 82.0 Å². The van der Waals surface area contributed by atoms with Gasteiger partial charge in [0.25, 0.3) is 0 Å². The summed E-state index contributed by atoms with van der Waals surface area (Å²) >= 11 is 4.53. The zero-order valence-corrected chi connectivity index (χ0v) is 18.8. The Morgan fingerprint density at radius 2 is 1.87 bits per heavy atom. The Kier molecular flexibility index (Phi) is 6.40. The zero-order chi connectivity index (χ0) is 21.8. The van der Waals surface area contributed by atoms with Crippen LogP contribution in [0.25, 0.3) is 10.8 Å². The van der Waals surface area contributed by atoms with Crippen LogP contribution in [0.15, 0.2) is 81.8 Å². The van der Waals surface area contributed by atoms with Gasteiger partial charge in [-0.05, 0) is 40.6 Å². The van der Waals surface area contributed by atoms with Crippen LogP contribution < -0.4 is 10.6 Å². The third kappa shape index (κ3) is 4.82. The Bertz CT molecular complexity index is 1230. The average molecular weight is 492 g/mol. The van der Waals surface area contributed by atoms with Crippen LogP contribution in [-0.2, 0) is 9.59 Å². The molecule has 0 aromatic heterocycles. The summed E-state index contributed by atoms with van der Waals surface area (Å²) in [5.41, 5.74) is 2.11. The van der Waals surface area contributed by atoms with E-state index in [-0.39, 0.29) is 29.9 Å². The van der Waals surface area contributed by atoms with Gasteiger partial charge < -0.3 is 10.6 Å². The van der Waals surface area contributed by atoms with Crippen molar-refractivity contribution in [3.05, 3.63) is 87.4 Å². The minimum atomic E-state index is -0.345. The number of hydrogen-bond acceptors (Lipinski definition) is 4. The number of nitrogens with one attached hydrogen (secondary N) is 2. The molecule has 1 aliphatic rings. The molecule has 4 rings (SSSR count). The first-order chi connectivity index (χ1) is 15.0. The van der Waals surface area contributed by atoms with Gasteiger partial charge in [-0.25, -0.2) is 0 Å². The fraction of sp³-hybridized carbons (Fsp3) is 0.125. The number of rotatable bonds is 5. The quantitative estimate of drug-likeness (QED) is 0.506. The van der Waals surface area contributed by atoms with Gasteiger partial charge >= 0.3 is 0 Å². The van der Waals surface area contributed by atoms with Crippen molar-refractivity contribution < 1.29 is 9.59 Å². The first kappa shape index (κ1) is 21.2. The predicted molar refractivity (Wildman–Crippen MR) is 127 cm³/mol. The van der Waals surface area contributed by atoms with Crippen LogP contribution in [0.3, 0.4) is 0 Å². The zero-order valence-electron chi connectivity index (χ0n) is 16.4. The van der Waals surface area contributed by atoms with Crippen molar-refractivity contribution in [1.82, 2.24) is 5.32 Å². The van der Waals surface area contributed by atoms with Crippen molar-refractivity contribution in [3.63, 3.8) is 0 Å². The van der Waals surface area contributed by atoms with Crippen LogP contribution in [0, 0.1) is 11.3 Å². The van der Waals surface area contributed by atoms with Gasteiger partial charge in [0.05, 0.1) is 22.4 Å². The molecular weight excluding hydrogens is 474 g/mol. The fourth-order valence-corrected chi connectivity index (χ4v) is 4.76. The van der Waals surface area contributed by atoms with E-state index in [1.54, 1.807) is 12.1 Å². The summed E-state index contributed by atoms with van der Waals surface area (Å²) in [4.78, 5) is 24.8. The van der Waals surface area contributed by atoms with E-state index < -0.39 is 0 Å². The van der Waals surface area contributed by atoms with Gasteiger partial charge in [0, 0.05) is 22.5 Å². The van der Waals surface area contributed by atoms with E-state index >= 15 is 0 Å². The highest BCUT2D eigenvalue weighted by molar-refractivity contribution is 9.10. The molecule has 5 nitrogen and oxygen atoms in total. The molecule has 31 heavy (non-hydrogen) atoms. The molecule has 0 spiro atoms. The van der Waals surface area contributed by atoms with Crippen LogP contribution >= 0.6 is 27.7 Å². The van der Waals surface area contributed by atoms with E-state index in [0.29, 0.717) is 16.3 Å². The lowest BCUT2D eigenvalue weighted by molar-refractivity contribution is -0.121. The number of amides is 2. The maximum Gasteiger partial charge on any atom is 0.234 e. The highest BCUT2D eigenvalue weighted by atomic mass is 79.9. The van der Waals surface area contributed by atoms with Crippen molar-refractivity contribution >= 4 is 56.0 Å². The number of allylic oxidation sites excluding steroid dienone is 1. The molecule has 0 radical (unpaired) electrons. The third-order valence-electron chi connectivity index (χ3n) is 5.03. The van der Waals surface area contributed by atoms with E-state index in [1.807, 2.05) is 54.6 Å². The second kappa shape index (κ2) is 9.38. The molecule has 0 bridgehead atoms. The van der Waals surface area contributed by atoms with Crippen molar-refractivity contribution in [1.29, 1.82) is 5.26 Å². The number of nitrogens with zero attached hydrogens (tertiary/aromatic N) is 1. The molecule has 0 saturated carbocycles. The van der Waals surface area contributed by atoms with Gasteiger partial charge in [-0.15, -0.1) is 0 Å². The highest BCUT2D eigenvalue weighted by Gasteiger charge is 2.30. The molecule has 1 heterocycles. The molecule has 3 aromatic carbocycles. The van der Waals surface area contributed by atoms with Gasteiger partial charge in [-0.2, -0.15) is 5.26 Å². The Balaban J connectivity index is 1.57. The maximum absolute atomic E-state index is 12.4. The minimum absolute atomic E-state index is 0.0825. The number of carbonyl (C=O) groups excluding carboxylic acids is 2. The summed E-state index contributed by atoms with van der Waals surface area (Å²) in [5.74, 6) is -0.632. The van der Waals surface area contributed by atoms with Gasteiger partial charge in [-0.1, -0.05) is 70.2 Å². The number of nitriles is 1. The summed E-state index contributed by atoms with van der Waals surface area (Å²) in [6.45, 7) is 0. The molecule has 2 amide bonds. The monoisotopic (exact) mass is 491 g/mol. The summed E-state index contributed by atoms with van der Waals surface area (Å²) < 4.78 is 0.924. The molecule has 0 aliphatic carbocycles. The lowest BCUT2D eigenvalue weighted by Crippen LogP contribution is -2.31. The molecule has 2 N–H and O–H groups in total. The number of fused-ring (bicyclic) bond motifs is 1. The van der Waals surface area contributed by atoms with Crippen molar-refractivity contribution in [3.8, 4) is 6.07 Å². The average Bonchev–Trinajstić information content (AvgIpc) is 2.78.